The number of nitrogens with two attached hydrogens (primary N) is 1. The molecule has 21 heavy (non-hydrogen) atoms. The maximum Gasteiger partial charge on any atom is 0.169 e. The first-order valence-corrected chi connectivity index (χ1v) is 6.79. The number of hydrogen-bond donors (Lipinski definition) is 1. The van der Waals surface area contributed by atoms with Crippen molar-refractivity contribution in [2.45, 2.75) is 19.4 Å². The second-order valence-corrected chi connectivity index (χ2v) is 4.66. The number of hydrogen-bond acceptors (Lipinski definition) is 4. The fraction of sp³-hybridized carbons (Fsp3) is 0.235. The van der Waals surface area contributed by atoms with Crippen LogP contribution in [0.15, 0.2) is 42.5 Å². The molecule has 2 N–H and O–H groups in total. The van der Waals surface area contributed by atoms with Gasteiger partial charge in [0.25, 0.3) is 0 Å². The molecule has 0 spiro atoms. The van der Waals surface area contributed by atoms with Crippen molar-refractivity contribution in [1.82, 2.24) is 0 Å². The van der Waals surface area contributed by atoms with Crippen LogP contribution < -0.4 is 15.2 Å². The van der Waals surface area contributed by atoms with Gasteiger partial charge >= 0.3 is 0 Å². The Labute approximate surface area is 124 Å². The van der Waals surface area contributed by atoms with Gasteiger partial charge in [0.05, 0.1) is 18.7 Å². The van der Waals surface area contributed by atoms with E-state index in [1.807, 2.05) is 24.3 Å². The Kier molecular flexibility index (Phi) is 4.81. The maximum atomic E-state index is 8.89. The molecule has 0 aliphatic heterocycles. The van der Waals surface area contributed by atoms with E-state index in [4.69, 9.17) is 20.5 Å². The van der Waals surface area contributed by atoms with Gasteiger partial charge in [0.2, 0.25) is 0 Å². The van der Waals surface area contributed by atoms with Gasteiger partial charge in [0.15, 0.2) is 11.5 Å². The van der Waals surface area contributed by atoms with Crippen molar-refractivity contribution in [2.75, 3.05) is 7.11 Å². The van der Waals surface area contributed by atoms with E-state index in [9.17, 15) is 0 Å². The second-order valence-electron chi connectivity index (χ2n) is 4.66. The lowest BCUT2D eigenvalue weighted by Crippen LogP contribution is -2.08. The minimum absolute atomic E-state index is 0.0449. The minimum Gasteiger partial charge on any atom is -0.493 e. The fourth-order valence-corrected chi connectivity index (χ4v) is 1.97. The largest absolute Gasteiger partial charge is 0.493 e. The minimum atomic E-state index is 0.0449. The van der Waals surface area contributed by atoms with Gasteiger partial charge in [-0.05, 0) is 36.2 Å². The molecule has 0 aromatic heterocycles. The summed E-state index contributed by atoms with van der Waals surface area (Å²) in [5, 5.41) is 8.89. The molecular weight excluding hydrogens is 264 g/mol. The third-order valence-electron chi connectivity index (χ3n) is 3.27. The van der Waals surface area contributed by atoms with Gasteiger partial charge in [-0.3, -0.25) is 0 Å². The molecule has 0 aliphatic rings. The lowest BCUT2D eigenvalue weighted by Gasteiger charge is -2.12. The Morgan fingerprint density at radius 2 is 1.86 bits per heavy atom. The summed E-state index contributed by atoms with van der Waals surface area (Å²) in [6.45, 7) is 2.05. The quantitative estimate of drug-likeness (QED) is 0.906. The van der Waals surface area contributed by atoms with Gasteiger partial charge in [-0.2, -0.15) is 5.26 Å². The van der Waals surface area contributed by atoms with Gasteiger partial charge in [-0.1, -0.05) is 19.1 Å². The van der Waals surface area contributed by atoms with Crippen molar-refractivity contribution in [3.63, 3.8) is 0 Å². The SMILES string of the molecule is CCC(N)c1ccc(Oc2ccc(C#N)cc2OC)cc1. The van der Waals surface area contributed by atoms with Crippen LogP contribution in [0.4, 0.5) is 0 Å². The molecule has 4 nitrogen and oxygen atoms in total. The number of nitrogens with zero attached hydrogens (tertiary/aromatic N) is 1. The Hall–Kier alpha value is -2.51. The van der Waals surface area contributed by atoms with Crippen molar-refractivity contribution in [3.05, 3.63) is 53.6 Å². The monoisotopic (exact) mass is 282 g/mol. The van der Waals surface area contributed by atoms with E-state index >= 15 is 0 Å². The molecule has 0 radical (unpaired) electrons. The van der Waals surface area contributed by atoms with E-state index in [-0.39, 0.29) is 6.04 Å². The lowest BCUT2D eigenvalue weighted by molar-refractivity contribution is 0.378. The van der Waals surface area contributed by atoms with E-state index in [2.05, 4.69) is 13.0 Å². The van der Waals surface area contributed by atoms with Gasteiger partial charge in [-0.25, -0.2) is 0 Å². The molecule has 0 fully saturated rings. The first kappa shape index (κ1) is 14.9. The molecule has 108 valence electrons. The summed E-state index contributed by atoms with van der Waals surface area (Å²) in [4.78, 5) is 0. The van der Waals surface area contributed by atoms with Gasteiger partial charge in [0.1, 0.15) is 5.75 Å². The number of rotatable bonds is 5. The zero-order valence-corrected chi connectivity index (χ0v) is 12.2. The summed E-state index contributed by atoms with van der Waals surface area (Å²) in [5.41, 5.74) is 7.59. The van der Waals surface area contributed by atoms with Crippen molar-refractivity contribution in [2.24, 2.45) is 5.73 Å². The molecule has 0 aliphatic carbocycles. The highest BCUT2D eigenvalue weighted by Gasteiger charge is 2.08. The van der Waals surface area contributed by atoms with Crippen LogP contribution in [-0.2, 0) is 0 Å². The van der Waals surface area contributed by atoms with Crippen LogP contribution in [0.5, 0.6) is 17.2 Å². The first-order valence-electron chi connectivity index (χ1n) is 6.79. The summed E-state index contributed by atoms with van der Waals surface area (Å²) < 4.78 is 11.0. The average Bonchev–Trinajstić information content (AvgIpc) is 2.55. The molecule has 2 rings (SSSR count). The third kappa shape index (κ3) is 3.53. The highest BCUT2D eigenvalue weighted by atomic mass is 16.5. The second kappa shape index (κ2) is 6.78. The fourth-order valence-electron chi connectivity index (χ4n) is 1.97. The molecule has 2 aromatic carbocycles. The Morgan fingerprint density at radius 3 is 2.43 bits per heavy atom. The smallest absolute Gasteiger partial charge is 0.169 e. The Morgan fingerprint density at radius 1 is 1.14 bits per heavy atom. The van der Waals surface area contributed by atoms with Crippen molar-refractivity contribution in [3.8, 4) is 23.3 Å². The van der Waals surface area contributed by atoms with Crippen molar-refractivity contribution >= 4 is 0 Å². The van der Waals surface area contributed by atoms with Crippen LogP contribution in [0.25, 0.3) is 0 Å². The Balaban J connectivity index is 2.20. The predicted octanol–water partition coefficient (Wildman–Crippen LogP) is 3.77. The third-order valence-corrected chi connectivity index (χ3v) is 3.27. The van der Waals surface area contributed by atoms with Gasteiger partial charge in [-0.15, -0.1) is 0 Å². The highest BCUT2D eigenvalue weighted by Crippen LogP contribution is 2.32. The van der Waals surface area contributed by atoms with Crippen LogP contribution in [-0.4, -0.2) is 7.11 Å². The topological polar surface area (TPSA) is 68.3 Å². The molecular formula is C17H18N2O2. The van der Waals surface area contributed by atoms with Crippen LogP contribution in [0.2, 0.25) is 0 Å². The van der Waals surface area contributed by atoms with E-state index in [0.29, 0.717) is 22.8 Å². The van der Waals surface area contributed by atoms with E-state index < -0.39 is 0 Å². The van der Waals surface area contributed by atoms with Crippen LogP contribution >= 0.6 is 0 Å². The molecule has 1 atom stereocenters. The zero-order chi connectivity index (χ0) is 15.2. The van der Waals surface area contributed by atoms with Crippen LogP contribution in [0, 0.1) is 11.3 Å². The van der Waals surface area contributed by atoms with Crippen molar-refractivity contribution < 1.29 is 9.47 Å². The molecule has 0 amide bonds. The molecule has 0 saturated carbocycles. The maximum absolute atomic E-state index is 8.89. The molecule has 0 bridgehead atoms. The lowest BCUT2D eigenvalue weighted by atomic mass is 10.1. The molecule has 2 aromatic rings. The van der Waals surface area contributed by atoms with Crippen LogP contribution in [0.3, 0.4) is 0 Å². The summed E-state index contributed by atoms with van der Waals surface area (Å²) in [6.07, 6.45) is 0.893. The molecule has 4 heteroatoms. The molecule has 1 unspecified atom stereocenters. The standard InChI is InChI=1S/C17H18N2O2/c1-3-15(19)13-5-7-14(8-6-13)21-16-9-4-12(11-18)10-17(16)20-2/h4-10,15H,3,19H2,1-2H3. The number of benzene rings is 2. The van der Waals surface area contributed by atoms with Gasteiger partial charge in [0, 0.05) is 12.1 Å². The summed E-state index contributed by atoms with van der Waals surface area (Å²) in [5.74, 6) is 1.80. The van der Waals surface area contributed by atoms with Crippen molar-refractivity contribution in [1.29, 1.82) is 5.26 Å². The van der Waals surface area contributed by atoms with E-state index in [1.54, 1.807) is 25.3 Å². The Bertz CT molecular complexity index is 645. The van der Waals surface area contributed by atoms with Crippen LogP contribution in [0.1, 0.15) is 30.5 Å². The predicted molar refractivity (Wildman–Crippen MR) is 81.4 cm³/mol. The normalized spacial score (nSPS) is 11.5. The average molecular weight is 282 g/mol. The zero-order valence-electron chi connectivity index (χ0n) is 12.2. The first-order chi connectivity index (χ1) is 10.2. The van der Waals surface area contributed by atoms with E-state index in [0.717, 1.165) is 12.0 Å². The number of ether oxygens (including phenoxy) is 2. The van der Waals surface area contributed by atoms with Gasteiger partial charge < -0.3 is 15.2 Å². The molecule has 0 saturated heterocycles. The summed E-state index contributed by atoms with van der Waals surface area (Å²) in [7, 11) is 1.55. The summed E-state index contributed by atoms with van der Waals surface area (Å²) in [6, 6.07) is 14.9. The summed E-state index contributed by atoms with van der Waals surface area (Å²) >= 11 is 0. The van der Waals surface area contributed by atoms with E-state index in [1.165, 1.54) is 0 Å². The number of methoxy groups -OCH3 is 1. The number of nitriles is 1. The molecule has 0 heterocycles. The highest BCUT2D eigenvalue weighted by molar-refractivity contribution is 5.48.